The number of aromatic nitrogens is 1. The predicted octanol–water partition coefficient (Wildman–Crippen LogP) is 5.71. The van der Waals surface area contributed by atoms with Crippen molar-refractivity contribution in [2.45, 2.75) is 44.3 Å². The van der Waals surface area contributed by atoms with Gasteiger partial charge in [-0.15, -0.1) is 23.1 Å². The van der Waals surface area contributed by atoms with Crippen molar-refractivity contribution in [2.24, 2.45) is 0 Å². The fourth-order valence-corrected chi connectivity index (χ4v) is 5.15. The second kappa shape index (κ2) is 9.39. The second-order valence-electron chi connectivity index (χ2n) is 6.94. The molecule has 5 heteroatoms. The van der Waals surface area contributed by atoms with Crippen LogP contribution in [-0.4, -0.2) is 17.9 Å². The minimum atomic E-state index is 0.0860. The maximum absolute atomic E-state index is 11.5. The molecule has 1 N–H and O–H groups in total. The average Bonchev–Trinajstić information content (AvgIpc) is 3.06. The van der Waals surface area contributed by atoms with E-state index < -0.39 is 0 Å². The molecule has 2 aromatic carbocycles. The number of carbonyl (C=O) groups is 1. The van der Waals surface area contributed by atoms with Crippen molar-refractivity contribution in [1.29, 1.82) is 0 Å². The Morgan fingerprint density at radius 1 is 1.11 bits per heavy atom. The lowest BCUT2D eigenvalue weighted by Crippen LogP contribution is -2.18. The molecule has 0 aliphatic heterocycles. The van der Waals surface area contributed by atoms with E-state index in [2.05, 4.69) is 68.6 Å². The van der Waals surface area contributed by atoms with Gasteiger partial charge in [-0.25, -0.2) is 4.98 Å². The smallest absolute Gasteiger partial charge is 0.220 e. The molecule has 0 radical (unpaired) electrons. The third kappa shape index (κ3) is 5.24. The number of rotatable bonds is 7. The van der Waals surface area contributed by atoms with E-state index >= 15 is 0 Å². The molecule has 0 saturated heterocycles. The molecule has 28 heavy (non-hydrogen) atoms. The Morgan fingerprint density at radius 3 is 2.54 bits per heavy atom. The van der Waals surface area contributed by atoms with Crippen LogP contribution in [0.25, 0.3) is 10.6 Å². The largest absolute Gasteiger partial charge is 0.359 e. The highest BCUT2D eigenvalue weighted by Gasteiger charge is 2.11. The van der Waals surface area contributed by atoms with Crippen LogP contribution in [0.4, 0.5) is 0 Å². The first-order valence-electron chi connectivity index (χ1n) is 9.42. The van der Waals surface area contributed by atoms with Crippen LogP contribution in [0, 0.1) is 20.8 Å². The van der Waals surface area contributed by atoms with E-state index in [1.54, 1.807) is 18.4 Å². The van der Waals surface area contributed by atoms with Gasteiger partial charge >= 0.3 is 0 Å². The zero-order valence-corrected chi connectivity index (χ0v) is 18.5. The Hall–Kier alpha value is -2.11. The molecular weight excluding hydrogens is 384 g/mol. The van der Waals surface area contributed by atoms with E-state index in [9.17, 15) is 4.79 Å². The lowest BCUT2D eigenvalue weighted by molar-refractivity contribution is -0.120. The van der Waals surface area contributed by atoms with Crippen molar-refractivity contribution in [3.8, 4) is 10.6 Å². The first-order chi connectivity index (χ1) is 13.5. The van der Waals surface area contributed by atoms with Gasteiger partial charge < -0.3 is 5.32 Å². The van der Waals surface area contributed by atoms with Crippen molar-refractivity contribution >= 4 is 29.0 Å². The van der Waals surface area contributed by atoms with E-state index in [0.29, 0.717) is 6.42 Å². The summed E-state index contributed by atoms with van der Waals surface area (Å²) in [6.07, 6.45) is 1.32. The number of thiazole rings is 1. The zero-order valence-electron chi connectivity index (χ0n) is 16.8. The highest BCUT2D eigenvalue weighted by molar-refractivity contribution is 7.98. The van der Waals surface area contributed by atoms with E-state index in [-0.39, 0.29) is 5.91 Å². The molecule has 3 rings (SSSR count). The summed E-state index contributed by atoms with van der Waals surface area (Å²) in [4.78, 5) is 18.8. The molecule has 0 atom stereocenters. The summed E-state index contributed by atoms with van der Waals surface area (Å²) in [5.74, 6) is 1.01. The van der Waals surface area contributed by atoms with Crippen molar-refractivity contribution < 1.29 is 4.79 Å². The van der Waals surface area contributed by atoms with Gasteiger partial charge in [0.25, 0.3) is 0 Å². The molecule has 146 valence electrons. The van der Waals surface area contributed by atoms with Gasteiger partial charge in [-0.1, -0.05) is 35.9 Å². The summed E-state index contributed by atoms with van der Waals surface area (Å²) in [5.41, 5.74) is 6.05. The number of aryl methyl sites for hydroxylation is 4. The Morgan fingerprint density at radius 2 is 1.86 bits per heavy atom. The van der Waals surface area contributed by atoms with Crippen LogP contribution in [-0.2, 0) is 17.0 Å². The quantitative estimate of drug-likeness (QED) is 0.508. The molecule has 1 heterocycles. The van der Waals surface area contributed by atoms with E-state index in [1.807, 2.05) is 11.8 Å². The monoisotopic (exact) mass is 410 g/mol. The van der Waals surface area contributed by atoms with Crippen LogP contribution in [0.15, 0.2) is 47.4 Å². The lowest BCUT2D eigenvalue weighted by Gasteiger charge is -2.08. The normalized spacial score (nSPS) is 10.9. The van der Waals surface area contributed by atoms with Gasteiger partial charge in [-0.2, -0.15) is 0 Å². The maximum atomic E-state index is 11.5. The number of hydrogen-bond donors (Lipinski definition) is 1. The SMILES string of the molecule is CNC(=O)CCc1ccc(SCc2sc(-c3ccc(C)cc3)nc2C)cc1C. The maximum Gasteiger partial charge on any atom is 0.220 e. The first kappa shape index (κ1) is 20.6. The molecule has 3 aromatic rings. The first-order valence-corrected chi connectivity index (χ1v) is 11.2. The van der Waals surface area contributed by atoms with Gasteiger partial charge in [0.2, 0.25) is 5.91 Å². The van der Waals surface area contributed by atoms with Crippen LogP contribution in [0.3, 0.4) is 0 Å². The van der Waals surface area contributed by atoms with Gasteiger partial charge in [0.05, 0.1) is 5.69 Å². The average molecular weight is 411 g/mol. The van der Waals surface area contributed by atoms with E-state index in [0.717, 1.165) is 22.9 Å². The zero-order chi connectivity index (χ0) is 20.1. The van der Waals surface area contributed by atoms with Crippen LogP contribution >= 0.6 is 23.1 Å². The molecule has 0 bridgehead atoms. The Labute approximate surface area is 175 Å². The lowest BCUT2D eigenvalue weighted by atomic mass is 10.0. The summed E-state index contributed by atoms with van der Waals surface area (Å²) in [6, 6.07) is 15.1. The van der Waals surface area contributed by atoms with Gasteiger partial charge in [0.1, 0.15) is 5.01 Å². The highest BCUT2D eigenvalue weighted by atomic mass is 32.2. The van der Waals surface area contributed by atoms with Gasteiger partial charge in [0, 0.05) is 34.6 Å². The summed E-state index contributed by atoms with van der Waals surface area (Å²) in [6.45, 7) is 6.32. The predicted molar refractivity (Wildman–Crippen MR) is 120 cm³/mol. The summed E-state index contributed by atoms with van der Waals surface area (Å²) >= 11 is 3.62. The number of nitrogens with zero attached hydrogens (tertiary/aromatic N) is 1. The van der Waals surface area contributed by atoms with E-state index in [4.69, 9.17) is 4.98 Å². The van der Waals surface area contributed by atoms with Crippen LogP contribution in [0.1, 0.15) is 33.7 Å². The number of carbonyl (C=O) groups excluding carboxylic acids is 1. The summed E-state index contributed by atoms with van der Waals surface area (Å²) < 4.78 is 0. The number of benzene rings is 2. The van der Waals surface area contributed by atoms with Crippen molar-refractivity contribution in [3.63, 3.8) is 0 Å². The van der Waals surface area contributed by atoms with Crippen molar-refractivity contribution in [1.82, 2.24) is 10.3 Å². The minimum absolute atomic E-state index is 0.0860. The third-order valence-corrected chi connectivity index (χ3v) is 7.18. The van der Waals surface area contributed by atoms with Crippen LogP contribution in [0.2, 0.25) is 0 Å². The molecule has 1 amide bonds. The van der Waals surface area contributed by atoms with Crippen molar-refractivity contribution in [2.75, 3.05) is 7.05 Å². The number of amides is 1. The molecule has 0 saturated carbocycles. The fraction of sp³-hybridized carbons (Fsp3) is 0.304. The molecule has 3 nitrogen and oxygen atoms in total. The van der Waals surface area contributed by atoms with Gasteiger partial charge in [0.15, 0.2) is 0 Å². The molecule has 0 aliphatic carbocycles. The highest BCUT2D eigenvalue weighted by Crippen LogP contribution is 2.33. The number of nitrogens with one attached hydrogen (secondary N) is 1. The fourth-order valence-electron chi connectivity index (χ4n) is 2.94. The molecular formula is C23H26N2OS2. The van der Waals surface area contributed by atoms with Crippen LogP contribution in [0.5, 0.6) is 0 Å². The Kier molecular flexibility index (Phi) is 6.92. The topological polar surface area (TPSA) is 42.0 Å². The van der Waals surface area contributed by atoms with Crippen LogP contribution < -0.4 is 5.32 Å². The van der Waals surface area contributed by atoms with Gasteiger partial charge in [-0.05, 0) is 50.5 Å². The number of thioether (sulfide) groups is 1. The molecule has 1 aromatic heterocycles. The Bertz CT molecular complexity index is 961. The summed E-state index contributed by atoms with van der Waals surface area (Å²) in [7, 11) is 1.68. The number of hydrogen-bond acceptors (Lipinski definition) is 4. The molecule has 0 unspecified atom stereocenters. The Balaban J connectivity index is 1.65. The molecule has 0 spiro atoms. The van der Waals surface area contributed by atoms with Gasteiger partial charge in [-0.3, -0.25) is 4.79 Å². The molecule has 0 aliphatic rings. The minimum Gasteiger partial charge on any atom is -0.359 e. The van der Waals surface area contributed by atoms with E-state index in [1.165, 1.54) is 32.0 Å². The van der Waals surface area contributed by atoms with Crippen molar-refractivity contribution in [3.05, 3.63) is 69.7 Å². The molecule has 0 fully saturated rings. The summed E-state index contributed by atoms with van der Waals surface area (Å²) in [5, 5.41) is 3.77. The second-order valence-corrected chi connectivity index (χ2v) is 9.08. The third-order valence-electron chi connectivity index (χ3n) is 4.78. The standard InChI is InChI=1S/C23H26N2OS2/c1-15-5-7-19(8-6-15)23-25-17(3)21(28-23)14-27-20-11-9-18(16(2)13-20)10-12-22(26)24-4/h5-9,11,13H,10,12,14H2,1-4H3,(H,24,26).